The summed E-state index contributed by atoms with van der Waals surface area (Å²) in [6.07, 6.45) is -2.79. The van der Waals surface area contributed by atoms with Crippen LogP contribution in [-0.4, -0.2) is 53.8 Å². The zero-order valence-corrected chi connectivity index (χ0v) is 10.2. The third kappa shape index (κ3) is 3.71. The van der Waals surface area contributed by atoms with Gasteiger partial charge in [-0.05, 0) is 0 Å². The van der Waals surface area contributed by atoms with Crippen LogP contribution in [0.5, 0.6) is 0 Å². The Kier molecular flexibility index (Phi) is 3.91. The predicted molar refractivity (Wildman–Crippen MR) is 61.8 cm³/mol. The van der Waals surface area contributed by atoms with Crippen molar-refractivity contribution in [3.63, 3.8) is 0 Å². The van der Waals surface area contributed by atoms with Crippen molar-refractivity contribution in [3.8, 4) is 0 Å². The zero-order valence-electron chi connectivity index (χ0n) is 9.49. The van der Waals surface area contributed by atoms with E-state index in [1.807, 2.05) is 4.90 Å². The van der Waals surface area contributed by atoms with Gasteiger partial charge in [0, 0.05) is 32.2 Å². The van der Waals surface area contributed by atoms with E-state index < -0.39 is 12.7 Å². The lowest BCUT2D eigenvalue weighted by Crippen LogP contribution is -2.49. The third-order valence-electron chi connectivity index (χ3n) is 2.72. The molecule has 18 heavy (non-hydrogen) atoms. The standard InChI is InChI=1S/C10H12ClF3N4/c11-8-5-9(16-7-15-8)18-3-1-17(2-4-18)6-10(12,13)14/h5,7H,1-4,6H2. The second-order valence-corrected chi connectivity index (χ2v) is 4.46. The first-order valence-corrected chi connectivity index (χ1v) is 5.83. The lowest BCUT2D eigenvalue weighted by atomic mass is 10.3. The van der Waals surface area contributed by atoms with Gasteiger partial charge >= 0.3 is 6.18 Å². The van der Waals surface area contributed by atoms with E-state index in [4.69, 9.17) is 11.6 Å². The van der Waals surface area contributed by atoms with Crippen molar-refractivity contribution in [3.05, 3.63) is 17.5 Å². The van der Waals surface area contributed by atoms with Gasteiger partial charge in [0.2, 0.25) is 0 Å². The lowest BCUT2D eigenvalue weighted by molar-refractivity contribution is -0.146. The van der Waals surface area contributed by atoms with E-state index in [1.54, 1.807) is 6.07 Å². The number of anilines is 1. The molecular weight excluding hydrogens is 269 g/mol. The minimum Gasteiger partial charge on any atom is -0.354 e. The monoisotopic (exact) mass is 280 g/mol. The number of hydrogen-bond donors (Lipinski definition) is 0. The SMILES string of the molecule is FC(F)(F)CN1CCN(c2cc(Cl)ncn2)CC1. The molecule has 1 aromatic heterocycles. The molecule has 0 bridgehead atoms. The quantitative estimate of drug-likeness (QED) is 0.774. The molecule has 0 atom stereocenters. The predicted octanol–water partition coefficient (Wildman–Crippen LogP) is 1.81. The Balaban J connectivity index is 1.91. The van der Waals surface area contributed by atoms with Crippen molar-refractivity contribution in [2.24, 2.45) is 0 Å². The van der Waals surface area contributed by atoms with Crippen LogP contribution in [0.4, 0.5) is 19.0 Å². The molecule has 1 aliphatic rings. The van der Waals surface area contributed by atoms with Crippen molar-refractivity contribution in [2.45, 2.75) is 6.18 Å². The summed E-state index contributed by atoms with van der Waals surface area (Å²) in [5.41, 5.74) is 0. The van der Waals surface area contributed by atoms with Crippen LogP contribution in [-0.2, 0) is 0 Å². The molecule has 100 valence electrons. The second kappa shape index (κ2) is 5.27. The molecule has 0 saturated carbocycles. The van der Waals surface area contributed by atoms with Gasteiger partial charge < -0.3 is 4.90 Å². The van der Waals surface area contributed by atoms with E-state index in [9.17, 15) is 13.2 Å². The molecule has 0 N–H and O–H groups in total. The van der Waals surface area contributed by atoms with Gasteiger partial charge in [0.05, 0.1) is 6.54 Å². The number of halogens is 4. The van der Waals surface area contributed by atoms with Crippen molar-refractivity contribution in [1.82, 2.24) is 14.9 Å². The Morgan fingerprint density at radius 1 is 1.17 bits per heavy atom. The molecule has 1 fully saturated rings. The molecule has 0 aliphatic carbocycles. The first-order chi connectivity index (χ1) is 8.44. The first-order valence-electron chi connectivity index (χ1n) is 5.46. The lowest BCUT2D eigenvalue weighted by Gasteiger charge is -2.35. The molecule has 1 aliphatic heterocycles. The van der Waals surface area contributed by atoms with E-state index in [0.717, 1.165) is 0 Å². The molecule has 1 saturated heterocycles. The van der Waals surface area contributed by atoms with E-state index >= 15 is 0 Å². The van der Waals surface area contributed by atoms with Crippen molar-refractivity contribution >= 4 is 17.4 Å². The van der Waals surface area contributed by atoms with Crippen LogP contribution in [0.2, 0.25) is 5.15 Å². The molecule has 0 aromatic carbocycles. The molecule has 0 unspecified atom stereocenters. The van der Waals surface area contributed by atoms with Gasteiger partial charge in [-0.25, -0.2) is 9.97 Å². The Hall–Kier alpha value is -1.08. The number of alkyl halides is 3. The molecule has 1 aromatic rings. The Labute approximate surface area is 107 Å². The van der Waals surface area contributed by atoms with Crippen molar-refractivity contribution in [2.75, 3.05) is 37.6 Å². The highest BCUT2D eigenvalue weighted by Gasteiger charge is 2.32. The highest BCUT2D eigenvalue weighted by Crippen LogP contribution is 2.20. The molecule has 4 nitrogen and oxygen atoms in total. The number of rotatable bonds is 2. The summed E-state index contributed by atoms with van der Waals surface area (Å²) in [6, 6.07) is 1.61. The maximum atomic E-state index is 12.2. The summed E-state index contributed by atoms with van der Waals surface area (Å²) in [5.74, 6) is 0.654. The summed E-state index contributed by atoms with van der Waals surface area (Å²) in [5, 5.41) is 0.331. The van der Waals surface area contributed by atoms with Crippen LogP contribution in [0.25, 0.3) is 0 Å². The van der Waals surface area contributed by atoms with Crippen LogP contribution in [0.3, 0.4) is 0 Å². The average Bonchev–Trinajstić information content (AvgIpc) is 2.28. The average molecular weight is 281 g/mol. The largest absolute Gasteiger partial charge is 0.401 e. The molecule has 0 amide bonds. The smallest absolute Gasteiger partial charge is 0.354 e. The van der Waals surface area contributed by atoms with Gasteiger partial charge in [0.15, 0.2) is 0 Å². The maximum Gasteiger partial charge on any atom is 0.401 e. The first kappa shape index (κ1) is 13.4. The maximum absolute atomic E-state index is 12.2. The fraction of sp³-hybridized carbons (Fsp3) is 0.600. The summed E-state index contributed by atoms with van der Waals surface area (Å²) in [7, 11) is 0. The van der Waals surface area contributed by atoms with Crippen LogP contribution >= 0.6 is 11.6 Å². The van der Waals surface area contributed by atoms with E-state index in [-0.39, 0.29) is 0 Å². The Bertz CT molecular complexity index is 404. The number of hydrogen-bond acceptors (Lipinski definition) is 4. The number of nitrogens with zero attached hydrogens (tertiary/aromatic N) is 4. The van der Waals surface area contributed by atoms with Gasteiger partial charge in [0.1, 0.15) is 17.3 Å². The van der Waals surface area contributed by atoms with Gasteiger partial charge in [-0.2, -0.15) is 13.2 Å². The van der Waals surface area contributed by atoms with Crippen LogP contribution in [0, 0.1) is 0 Å². The van der Waals surface area contributed by atoms with Crippen molar-refractivity contribution in [1.29, 1.82) is 0 Å². The molecule has 2 heterocycles. The number of aromatic nitrogens is 2. The fourth-order valence-corrected chi connectivity index (χ4v) is 2.03. The topological polar surface area (TPSA) is 32.3 Å². The molecule has 8 heteroatoms. The molecule has 0 radical (unpaired) electrons. The minimum absolute atomic E-state index is 0.331. The summed E-state index contributed by atoms with van der Waals surface area (Å²) >= 11 is 5.74. The normalized spacial score (nSPS) is 18.1. The second-order valence-electron chi connectivity index (χ2n) is 4.08. The molecule has 2 rings (SSSR count). The third-order valence-corrected chi connectivity index (χ3v) is 2.93. The fourth-order valence-electron chi connectivity index (χ4n) is 1.89. The highest BCUT2D eigenvalue weighted by molar-refractivity contribution is 6.29. The van der Waals surface area contributed by atoms with Crippen LogP contribution in [0.15, 0.2) is 12.4 Å². The summed E-state index contributed by atoms with van der Waals surface area (Å²) in [4.78, 5) is 11.1. The van der Waals surface area contributed by atoms with Gasteiger partial charge in [-0.3, -0.25) is 4.90 Å². The van der Waals surface area contributed by atoms with Crippen LogP contribution < -0.4 is 4.90 Å². The van der Waals surface area contributed by atoms with Crippen molar-refractivity contribution < 1.29 is 13.2 Å². The van der Waals surface area contributed by atoms with Gasteiger partial charge in [-0.15, -0.1) is 0 Å². The molecular formula is C10H12ClF3N4. The Morgan fingerprint density at radius 3 is 2.39 bits per heavy atom. The van der Waals surface area contributed by atoms with E-state index in [0.29, 0.717) is 37.1 Å². The minimum atomic E-state index is -4.14. The van der Waals surface area contributed by atoms with Gasteiger partial charge in [0.25, 0.3) is 0 Å². The zero-order chi connectivity index (χ0) is 13.2. The van der Waals surface area contributed by atoms with E-state index in [2.05, 4.69) is 9.97 Å². The number of piperazine rings is 1. The van der Waals surface area contributed by atoms with E-state index in [1.165, 1.54) is 11.2 Å². The van der Waals surface area contributed by atoms with Gasteiger partial charge in [-0.1, -0.05) is 11.6 Å². The molecule has 0 spiro atoms. The Morgan fingerprint density at radius 2 is 1.83 bits per heavy atom. The van der Waals surface area contributed by atoms with Crippen LogP contribution in [0.1, 0.15) is 0 Å². The summed E-state index contributed by atoms with van der Waals surface area (Å²) < 4.78 is 36.7. The summed E-state index contributed by atoms with van der Waals surface area (Å²) in [6.45, 7) is 0.875. The highest BCUT2D eigenvalue weighted by atomic mass is 35.5.